The third-order valence-electron chi connectivity index (χ3n) is 3.59. The Balaban J connectivity index is 2.31. The van der Waals surface area contributed by atoms with E-state index in [0.29, 0.717) is 5.54 Å². The van der Waals surface area contributed by atoms with Crippen LogP contribution < -0.4 is 5.32 Å². The van der Waals surface area contributed by atoms with Gasteiger partial charge in [0.25, 0.3) is 0 Å². The summed E-state index contributed by atoms with van der Waals surface area (Å²) in [6.45, 7) is 17.5. The predicted octanol–water partition coefficient (Wildman–Crippen LogP) is 2.89. The van der Waals surface area contributed by atoms with Crippen LogP contribution in [-0.2, 0) is 0 Å². The van der Waals surface area contributed by atoms with Crippen molar-refractivity contribution in [2.45, 2.75) is 65.5 Å². The van der Waals surface area contributed by atoms with Crippen molar-refractivity contribution in [1.82, 2.24) is 10.2 Å². The van der Waals surface area contributed by atoms with E-state index >= 15 is 0 Å². The van der Waals surface area contributed by atoms with Gasteiger partial charge in [0.05, 0.1) is 0 Å². The highest BCUT2D eigenvalue weighted by Gasteiger charge is 2.32. The number of rotatable bonds is 4. The molecule has 0 aliphatic carbocycles. The van der Waals surface area contributed by atoms with Gasteiger partial charge in [0.2, 0.25) is 0 Å². The van der Waals surface area contributed by atoms with E-state index in [0.717, 1.165) is 12.5 Å². The van der Waals surface area contributed by atoms with Crippen LogP contribution in [0.15, 0.2) is 0 Å². The minimum Gasteiger partial charge on any atom is -0.312 e. The number of likely N-dealkylation sites (tertiary alicyclic amines) is 1. The highest BCUT2D eigenvalue weighted by molar-refractivity contribution is 4.88. The van der Waals surface area contributed by atoms with Crippen LogP contribution in [-0.4, -0.2) is 35.6 Å². The summed E-state index contributed by atoms with van der Waals surface area (Å²) < 4.78 is 0. The molecule has 1 rings (SSSR count). The Bertz CT molecular complexity index is 215. The third-order valence-corrected chi connectivity index (χ3v) is 3.59. The van der Waals surface area contributed by atoms with E-state index in [4.69, 9.17) is 0 Å². The molecule has 1 aliphatic heterocycles. The molecular weight excluding hydrogens is 196 g/mol. The number of nitrogens with zero attached hydrogens (tertiary/aromatic N) is 1. The van der Waals surface area contributed by atoms with Gasteiger partial charge in [-0.3, -0.25) is 4.90 Å². The summed E-state index contributed by atoms with van der Waals surface area (Å²) in [5.41, 5.74) is 0.671. The van der Waals surface area contributed by atoms with Crippen molar-refractivity contribution in [1.29, 1.82) is 0 Å². The summed E-state index contributed by atoms with van der Waals surface area (Å²) >= 11 is 0. The van der Waals surface area contributed by atoms with Gasteiger partial charge in [-0.15, -0.1) is 0 Å². The molecule has 1 N–H and O–H groups in total. The molecular formula is C14H30N2. The van der Waals surface area contributed by atoms with Crippen molar-refractivity contribution >= 4 is 0 Å². The fourth-order valence-corrected chi connectivity index (χ4v) is 2.42. The molecule has 1 atom stereocenters. The maximum absolute atomic E-state index is 3.60. The summed E-state index contributed by atoms with van der Waals surface area (Å²) in [4.78, 5) is 2.65. The van der Waals surface area contributed by atoms with Crippen LogP contribution in [0.25, 0.3) is 0 Å². The van der Waals surface area contributed by atoms with Crippen LogP contribution in [0.4, 0.5) is 0 Å². The average molecular weight is 226 g/mol. The molecule has 0 aromatic rings. The minimum atomic E-state index is 0.245. The van der Waals surface area contributed by atoms with Crippen molar-refractivity contribution in [3.05, 3.63) is 0 Å². The lowest BCUT2D eigenvalue weighted by Gasteiger charge is -2.34. The molecule has 2 nitrogen and oxygen atoms in total. The Labute approximate surface area is 102 Å². The topological polar surface area (TPSA) is 15.3 Å². The molecule has 1 heterocycles. The molecule has 0 amide bonds. The molecule has 16 heavy (non-hydrogen) atoms. The van der Waals surface area contributed by atoms with Crippen molar-refractivity contribution in [3.63, 3.8) is 0 Å². The molecule has 2 heteroatoms. The first-order chi connectivity index (χ1) is 7.21. The van der Waals surface area contributed by atoms with Crippen LogP contribution in [0.5, 0.6) is 0 Å². The van der Waals surface area contributed by atoms with Gasteiger partial charge in [-0.25, -0.2) is 0 Å². The monoisotopic (exact) mass is 226 g/mol. The minimum absolute atomic E-state index is 0.245. The molecule has 0 aromatic heterocycles. The zero-order valence-electron chi connectivity index (χ0n) is 12.1. The predicted molar refractivity (Wildman–Crippen MR) is 71.8 cm³/mol. The number of hydrogen-bond acceptors (Lipinski definition) is 2. The largest absolute Gasteiger partial charge is 0.312 e. The van der Waals surface area contributed by atoms with E-state index in [1.807, 2.05) is 0 Å². The highest BCUT2D eigenvalue weighted by atomic mass is 15.2. The Morgan fingerprint density at radius 3 is 2.38 bits per heavy atom. The first-order valence-corrected chi connectivity index (χ1v) is 6.71. The molecule has 1 fully saturated rings. The fraction of sp³-hybridized carbons (Fsp3) is 1.00. The normalized spacial score (nSPS) is 23.6. The zero-order chi connectivity index (χ0) is 12.4. The Hall–Kier alpha value is -0.0800. The quantitative estimate of drug-likeness (QED) is 0.793. The maximum Gasteiger partial charge on any atom is 0.0153 e. The van der Waals surface area contributed by atoms with Gasteiger partial charge < -0.3 is 5.32 Å². The summed E-state index contributed by atoms with van der Waals surface area (Å²) in [5.74, 6) is 0.733. The summed E-state index contributed by atoms with van der Waals surface area (Å²) in [7, 11) is 0. The maximum atomic E-state index is 3.60. The Kier molecular flexibility index (Phi) is 4.42. The second-order valence-corrected chi connectivity index (χ2v) is 7.10. The molecule has 0 radical (unpaired) electrons. The second kappa shape index (κ2) is 5.05. The van der Waals surface area contributed by atoms with Gasteiger partial charge in [-0.1, -0.05) is 6.92 Å². The SMILES string of the molecule is CC(CNC(C)(C)C)CN1CCCC1(C)C. The van der Waals surface area contributed by atoms with Crippen molar-refractivity contribution in [2.24, 2.45) is 5.92 Å². The molecule has 96 valence electrons. The van der Waals surface area contributed by atoms with Crippen molar-refractivity contribution in [2.75, 3.05) is 19.6 Å². The van der Waals surface area contributed by atoms with Gasteiger partial charge in [-0.05, 0) is 66.5 Å². The molecule has 0 saturated carbocycles. The lowest BCUT2D eigenvalue weighted by Crippen LogP contribution is -2.45. The van der Waals surface area contributed by atoms with Gasteiger partial charge >= 0.3 is 0 Å². The standard InChI is InChI=1S/C14H30N2/c1-12(10-15-13(2,3)4)11-16-9-7-8-14(16,5)6/h12,15H,7-11H2,1-6H3. The smallest absolute Gasteiger partial charge is 0.0153 e. The van der Waals surface area contributed by atoms with E-state index in [-0.39, 0.29) is 5.54 Å². The van der Waals surface area contributed by atoms with E-state index in [9.17, 15) is 0 Å². The van der Waals surface area contributed by atoms with E-state index < -0.39 is 0 Å². The molecule has 1 unspecified atom stereocenters. The average Bonchev–Trinajstić information content (AvgIpc) is 2.42. The zero-order valence-corrected chi connectivity index (χ0v) is 12.1. The van der Waals surface area contributed by atoms with Crippen LogP contribution >= 0.6 is 0 Å². The number of nitrogens with one attached hydrogen (secondary N) is 1. The van der Waals surface area contributed by atoms with Crippen LogP contribution in [0.3, 0.4) is 0 Å². The van der Waals surface area contributed by atoms with Crippen LogP contribution in [0.2, 0.25) is 0 Å². The third kappa shape index (κ3) is 4.42. The molecule has 1 aliphatic rings. The van der Waals surface area contributed by atoms with Crippen molar-refractivity contribution < 1.29 is 0 Å². The fourth-order valence-electron chi connectivity index (χ4n) is 2.42. The van der Waals surface area contributed by atoms with Crippen LogP contribution in [0, 0.1) is 5.92 Å². The van der Waals surface area contributed by atoms with Gasteiger partial charge in [0.1, 0.15) is 0 Å². The first kappa shape index (κ1) is 14.0. The summed E-state index contributed by atoms with van der Waals surface area (Å²) in [5, 5.41) is 3.60. The second-order valence-electron chi connectivity index (χ2n) is 7.10. The van der Waals surface area contributed by atoms with Crippen LogP contribution in [0.1, 0.15) is 54.4 Å². The summed E-state index contributed by atoms with van der Waals surface area (Å²) in [6, 6.07) is 0. The summed E-state index contributed by atoms with van der Waals surface area (Å²) in [6.07, 6.45) is 2.72. The van der Waals surface area contributed by atoms with Gasteiger partial charge in [-0.2, -0.15) is 0 Å². The first-order valence-electron chi connectivity index (χ1n) is 6.71. The lowest BCUT2D eigenvalue weighted by molar-refractivity contribution is 0.148. The van der Waals surface area contributed by atoms with Crippen molar-refractivity contribution in [3.8, 4) is 0 Å². The van der Waals surface area contributed by atoms with E-state index in [1.54, 1.807) is 0 Å². The number of hydrogen-bond donors (Lipinski definition) is 1. The van der Waals surface area contributed by atoms with E-state index in [2.05, 4.69) is 51.8 Å². The molecule has 0 bridgehead atoms. The van der Waals surface area contributed by atoms with E-state index in [1.165, 1.54) is 25.9 Å². The Morgan fingerprint density at radius 2 is 1.94 bits per heavy atom. The molecule has 1 saturated heterocycles. The van der Waals surface area contributed by atoms with Gasteiger partial charge in [0.15, 0.2) is 0 Å². The molecule has 0 aromatic carbocycles. The molecule has 0 spiro atoms. The van der Waals surface area contributed by atoms with Gasteiger partial charge in [0, 0.05) is 17.6 Å². The highest BCUT2D eigenvalue weighted by Crippen LogP contribution is 2.28. The lowest BCUT2D eigenvalue weighted by atomic mass is 10.0. The Morgan fingerprint density at radius 1 is 1.31 bits per heavy atom.